The van der Waals surface area contributed by atoms with E-state index in [9.17, 15) is 14.4 Å². The highest BCUT2D eigenvalue weighted by molar-refractivity contribution is 5.90. The van der Waals surface area contributed by atoms with Gasteiger partial charge in [-0.15, -0.1) is 0 Å². The number of carbonyl (C=O) groups is 3. The number of hydrogen-bond donors (Lipinski definition) is 2. The molecule has 2 aliphatic rings. The Morgan fingerprint density at radius 2 is 1.82 bits per heavy atom. The van der Waals surface area contributed by atoms with Crippen LogP contribution in [0.3, 0.4) is 0 Å². The summed E-state index contributed by atoms with van der Waals surface area (Å²) in [6.07, 6.45) is 8.71. The summed E-state index contributed by atoms with van der Waals surface area (Å²) in [5.74, 6) is -0.303. The Hall–Kier alpha value is -2.52. The average Bonchev–Trinajstić information content (AvgIpc) is 3.14. The highest BCUT2D eigenvalue weighted by Gasteiger charge is 2.42. The Morgan fingerprint density at radius 1 is 1.15 bits per heavy atom. The van der Waals surface area contributed by atoms with Crippen molar-refractivity contribution < 1.29 is 29.0 Å². The summed E-state index contributed by atoms with van der Waals surface area (Å²) in [4.78, 5) is 41.3. The number of rotatable bonds is 13. The second-order valence-corrected chi connectivity index (χ2v) is 9.37. The van der Waals surface area contributed by atoms with E-state index in [0.717, 1.165) is 31.2 Å². The molecule has 2 fully saturated rings. The van der Waals surface area contributed by atoms with E-state index in [-0.39, 0.29) is 30.7 Å². The summed E-state index contributed by atoms with van der Waals surface area (Å²) in [5, 5.41) is 11.6. The first-order valence-electron chi connectivity index (χ1n) is 12.3. The zero-order valence-corrected chi connectivity index (χ0v) is 20.0. The smallest absolute Gasteiger partial charge is 0.303 e. The summed E-state index contributed by atoms with van der Waals surface area (Å²) in [7, 11) is 1.73. The van der Waals surface area contributed by atoms with Gasteiger partial charge in [0.25, 0.3) is 0 Å². The normalized spacial score (nSPS) is 24.9. The lowest BCUT2D eigenvalue weighted by Gasteiger charge is -2.28. The Balaban J connectivity index is 1.28. The van der Waals surface area contributed by atoms with Crippen LogP contribution in [0.15, 0.2) is 24.5 Å². The minimum absolute atomic E-state index is 0.0356. The van der Waals surface area contributed by atoms with Crippen LogP contribution in [-0.4, -0.2) is 72.8 Å². The lowest BCUT2D eigenvalue weighted by molar-refractivity contribution is -0.137. The van der Waals surface area contributed by atoms with Gasteiger partial charge in [0, 0.05) is 58.6 Å². The van der Waals surface area contributed by atoms with E-state index in [4.69, 9.17) is 14.6 Å². The van der Waals surface area contributed by atoms with Gasteiger partial charge in [-0.25, -0.2) is 0 Å². The number of aliphatic carboxylic acids is 1. The van der Waals surface area contributed by atoms with Crippen LogP contribution in [0.4, 0.5) is 0 Å². The van der Waals surface area contributed by atoms with Gasteiger partial charge in [-0.2, -0.15) is 0 Å². The molecule has 1 saturated carbocycles. The van der Waals surface area contributed by atoms with Crippen LogP contribution in [0.5, 0.6) is 0 Å². The molecule has 2 heterocycles. The predicted molar refractivity (Wildman–Crippen MR) is 125 cm³/mol. The maximum Gasteiger partial charge on any atom is 0.303 e. The Kier molecular flexibility index (Phi) is 10.3. The number of carboxylic acid groups (broad SMARTS) is 1. The predicted octanol–water partition coefficient (Wildman–Crippen LogP) is 2.42. The van der Waals surface area contributed by atoms with Crippen molar-refractivity contribution in [3.63, 3.8) is 0 Å². The first kappa shape index (κ1) is 26.1. The van der Waals surface area contributed by atoms with Crippen LogP contribution in [0.25, 0.3) is 0 Å². The summed E-state index contributed by atoms with van der Waals surface area (Å²) in [6, 6.07) is 3.42. The van der Waals surface area contributed by atoms with Gasteiger partial charge in [0.2, 0.25) is 11.8 Å². The van der Waals surface area contributed by atoms with Crippen LogP contribution < -0.4 is 5.32 Å². The molecule has 1 saturated heterocycles. The quantitative estimate of drug-likeness (QED) is 0.421. The fourth-order valence-electron chi connectivity index (χ4n) is 4.88. The number of hydrogen-bond acceptors (Lipinski definition) is 6. The monoisotopic (exact) mass is 475 g/mol. The second kappa shape index (κ2) is 13.4. The largest absolute Gasteiger partial charge is 0.481 e. The van der Waals surface area contributed by atoms with E-state index in [1.807, 2.05) is 12.1 Å². The minimum Gasteiger partial charge on any atom is -0.481 e. The molecule has 3 rings (SSSR count). The molecule has 1 aliphatic carbocycles. The molecular weight excluding hydrogens is 438 g/mol. The lowest BCUT2D eigenvalue weighted by atomic mass is 9.83. The number of carboxylic acids is 1. The van der Waals surface area contributed by atoms with E-state index in [2.05, 4.69) is 10.3 Å². The van der Waals surface area contributed by atoms with Crippen LogP contribution in [0, 0.1) is 17.8 Å². The van der Waals surface area contributed by atoms with Gasteiger partial charge < -0.3 is 24.8 Å². The van der Waals surface area contributed by atoms with Crippen molar-refractivity contribution in [1.29, 1.82) is 0 Å². The molecule has 9 nitrogen and oxygen atoms in total. The standard InChI is InChI=1S/C25H37N3O6/c1-28-22(29)14-21(24(28)20-4-2-10-26-15-20)25(32)27-11-13-34-17-19-8-6-18(7-9-19)16-33-12-3-5-23(30)31/h2,4,10,15,18-19,21,24H,3,5-9,11-14,16-17H2,1H3,(H,27,32)(H,30,31)/t18?,19?,21-,24+/m0/s1. The van der Waals surface area contributed by atoms with Crippen molar-refractivity contribution in [2.75, 3.05) is 40.0 Å². The van der Waals surface area contributed by atoms with Crippen molar-refractivity contribution in [3.8, 4) is 0 Å². The second-order valence-electron chi connectivity index (χ2n) is 9.37. The fourth-order valence-corrected chi connectivity index (χ4v) is 4.88. The molecular formula is C25H37N3O6. The van der Waals surface area contributed by atoms with E-state index in [1.165, 1.54) is 0 Å². The molecule has 0 radical (unpaired) electrons. The zero-order valence-electron chi connectivity index (χ0n) is 20.0. The molecule has 0 aromatic carbocycles. The topological polar surface area (TPSA) is 118 Å². The van der Waals surface area contributed by atoms with Gasteiger partial charge in [0.05, 0.1) is 18.6 Å². The number of pyridine rings is 1. The highest BCUT2D eigenvalue weighted by atomic mass is 16.5. The van der Waals surface area contributed by atoms with Gasteiger partial charge >= 0.3 is 5.97 Å². The molecule has 2 N–H and O–H groups in total. The summed E-state index contributed by atoms with van der Waals surface area (Å²) in [5.41, 5.74) is 0.869. The maximum atomic E-state index is 12.8. The Bertz CT molecular complexity index is 797. The summed E-state index contributed by atoms with van der Waals surface area (Å²) < 4.78 is 11.4. The number of nitrogens with zero attached hydrogens (tertiary/aromatic N) is 2. The molecule has 1 aromatic heterocycles. The number of likely N-dealkylation sites (tertiary alicyclic amines) is 1. The Labute approximate surface area is 201 Å². The first-order chi connectivity index (χ1) is 16.5. The number of ether oxygens (including phenoxy) is 2. The van der Waals surface area contributed by atoms with Crippen molar-refractivity contribution in [3.05, 3.63) is 30.1 Å². The average molecular weight is 476 g/mol. The van der Waals surface area contributed by atoms with Gasteiger partial charge in [-0.3, -0.25) is 19.4 Å². The molecule has 0 spiro atoms. The zero-order chi connectivity index (χ0) is 24.3. The van der Waals surface area contributed by atoms with Crippen molar-refractivity contribution in [2.24, 2.45) is 17.8 Å². The van der Waals surface area contributed by atoms with Gasteiger partial charge in [0.1, 0.15) is 0 Å². The molecule has 2 amide bonds. The van der Waals surface area contributed by atoms with E-state index in [0.29, 0.717) is 51.2 Å². The summed E-state index contributed by atoms with van der Waals surface area (Å²) in [6.45, 7) is 2.78. The molecule has 0 bridgehead atoms. The van der Waals surface area contributed by atoms with Crippen molar-refractivity contribution >= 4 is 17.8 Å². The highest BCUT2D eigenvalue weighted by Crippen LogP contribution is 2.36. The molecule has 34 heavy (non-hydrogen) atoms. The third-order valence-electron chi connectivity index (χ3n) is 6.85. The van der Waals surface area contributed by atoms with Gasteiger partial charge in [-0.05, 0) is 55.6 Å². The molecule has 1 aliphatic heterocycles. The molecule has 188 valence electrons. The van der Waals surface area contributed by atoms with Crippen molar-refractivity contribution in [1.82, 2.24) is 15.2 Å². The number of amides is 2. The summed E-state index contributed by atoms with van der Waals surface area (Å²) >= 11 is 0. The minimum atomic E-state index is -0.779. The molecule has 0 unspecified atom stereocenters. The molecule has 2 atom stereocenters. The maximum absolute atomic E-state index is 12.8. The van der Waals surface area contributed by atoms with E-state index in [1.54, 1.807) is 24.3 Å². The van der Waals surface area contributed by atoms with Gasteiger partial charge in [-0.1, -0.05) is 6.07 Å². The molecule has 1 aromatic rings. The SMILES string of the molecule is CN1C(=O)C[C@H](C(=O)NCCOCC2CCC(COCCCC(=O)O)CC2)[C@H]1c1cccnc1. The van der Waals surface area contributed by atoms with E-state index < -0.39 is 11.9 Å². The number of nitrogens with one attached hydrogen (secondary N) is 1. The number of aromatic nitrogens is 1. The van der Waals surface area contributed by atoms with Crippen molar-refractivity contribution in [2.45, 2.75) is 51.0 Å². The van der Waals surface area contributed by atoms with Crippen LogP contribution in [-0.2, 0) is 23.9 Å². The van der Waals surface area contributed by atoms with Gasteiger partial charge in [0.15, 0.2) is 0 Å². The third-order valence-corrected chi connectivity index (χ3v) is 6.85. The van der Waals surface area contributed by atoms with Crippen LogP contribution >= 0.6 is 0 Å². The first-order valence-corrected chi connectivity index (χ1v) is 12.3. The Morgan fingerprint density at radius 3 is 2.44 bits per heavy atom. The molecule has 9 heteroatoms. The lowest BCUT2D eigenvalue weighted by Crippen LogP contribution is -2.36. The third kappa shape index (κ3) is 7.77. The van der Waals surface area contributed by atoms with Crippen LogP contribution in [0.2, 0.25) is 0 Å². The van der Waals surface area contributed by atoms with E-state index >= 15 is 0 Å². The van der Waals surface area contributed by atoms with Crippen LogP contribution in [0.1, 0.15) is 56.6 Å². The number of carbonyl (C=O) groups excluding carboxylic acids is 2. The fraction of sp³-hybridized carbons (Fsp3) is 0.680.